The van der Waals surface area contributed by atoms with Gasteiger partial charge in [-0.25, -0.2) is 0 Å². The Morgan fingerprint density at radius 1 is 0.742 bits per heavy atom. The second-order valence-corrected chi connectivity index (χ2v) is 9.88. The summed E-state index contributed by atoms with van der Waals surface area (Å²) in [6.07, 6.45) is 9.05. The molecule has 3 atom stereocenters. The highest BCUT2D eigenvalue weighted by Gasteiger charge is 2.43. The quantitative estimate of drug-likeness (QED) is 0.262. The number of aliphatic carboxylic acids is 1. The SMILES string of the molecule is CC(C)CCCCCOC(=O)C1CCC(C(=O)O)CC1C(=O)OCCCCCC(C)C. The number of hydrogen-bond donors (Lipinski definition) is 1. The summed E-state index contributed by atoms with van der Waals surface area (Å²) >= 11 is 0. The van der Waals surface area contributed by atoms with Crippen LogP contribution in [-0.2, 0) is 23.9 Å². The van der Waals surface area contributed by atoms with Crippen molar-refractivity contribution in [1.82, 2.24) is 0 Å². The average Bonchev–Trinajstić information content (AvgIpc) is 2.71. The van der Waals surface area contributed by atoms with E-state index in [2.05, 4.69) is 27.7 Å². The average molecular weight is 441 g/mol. The van der Waals surface area contributed by atoms with E-state index in [9.17, 15) is 19.5 Å². The minimum atomic E-state index is -0.913. The van der Waals surface area contributed by atoms with Gasteiger partial charge in [0.05, 0.1) is 31.0 Å². The summed E-state index contributed by atoms with van der Waals surface area (Å²) in [6.45, 7) is 9.44. The van der Waals surface area contributed by atoms with E-state index in [1.54, 1.807) is 0 Å². The van der Waals surface area contributed by atoms with Crippen LogP contribution in [0, 0.1) is 29.6 Å². The number of hydrogen-bond acceptors (Lipinski definition) is 5. The number of carboxylic acids is 1. The summed E-state index contributed by atoms with van der Waals surface area (Å²) in [5, 5.41) is 9.38. The minimum absolute atomic E-state index is 0.148. The molecule has 0 saturated heterocycles. The Labute approximate surface area is 188 Å². The fourth-order valence-electron chi connectivity index (χ4n) is 4.16. The van der Waals surface area contributed by atoms with Gasteiger partial charge in [0.1, 0.15) is 0 Å². The summed E-state index contributed by atoms with van der Waals surface area (Å²) < 4.78 is 10.9. The van der Waals surface area contributed by atoms with Crippen LogP contribution < -0.4 is 0 Å². The molecule has 0 aromatic heterocycles. The molecule has 1 saturated carbocycles. The van der Waals surface area contributed by atoms with Crippen LogP contribution in [0.15, 0.2) is 0 Å². The van der Waals surface area contributed by atoms with Crippen molar-refractivity contribution in [3.05, 3.63) is 0 Å². The third-order valence-electron chi connectivity index (χ3n) is 6.15. The normalized spacial score (nSPS) is 21.3. The summed E-state index contributed by atoms with van der Waals surface area (Å²) in [6, 6.07) is 0. The zero-order chi connectivity index (χ0) is 23.2. The van der Waals surface area contributed by atoms with E-state index in [4.69, 9.17) is 9.47 Å². The molecule has 1 rings (SSSR count). The Hall–Kier alpha value is -1.59. The number of carbonyl (C=O) groups excluding carboxylic acids is 2. The van der Waals surface area contributed by atoms with Gasteiger partial charge in [-0.3, -0.25) is 14.4 Å². The lowest BCUT2D eigenvalue weighted by atomic mass is 9.74. The van der Waals surface area contributed by atoms with Gasteiger partial charge in [-0.1, -0.05) is 66.2 Å². The van der Waals surface area contributed by atoms with Gasteiger partial charge < -0.3 is 14.6 Å². The standard InChI is InChI=1S/C25H44O6/c1-18(2)11-7-5-9-15-30-24(28)21-14-13-20(23(26)27)17-22(21)25(29)31-16-10-6-8-12-19(3)4/h18-22H,5-17H2,1-4H3,(H,26,27). The van der Waals surface area contributed by atoms with Crippen molar-refractivity contribution >= 4 is 17.9 Å². The molecule has 6 heteroatoms. The molecule has 0 bridgehead atoms. The van der Waals surface area contributed by atoms with Crippen molar-refractivity contribution < 1.29 is 29.0 Å². The molecule has 1 N–H and O–H groups in total. The van der Waals surface area contributed by atoms with E-state index < -0.39 is 29.7 Å². The number of carbonyl (C=O) groups is 3. The Morgan fingerprint density at radius 3 is 1.68 bits per heavy atom. The second kappa shape index (κ2) is 15.3. The van der Waals surface area contributed by atoms with Gasteiger partial charge in [0.25, 0.3) is 0 Å². The number of ether oxygens (including phenoxy) is 2. The Balaban J connectivity index is 2.48. The molecule has 0 aromatic carbocycles. The van der Waals surface area contributed by atoms with Crippen LogP contribution in [0.4, 0.5) is 0 Å². The van der Waals surface area contributed by atoms with Crippen molar-refractivity contribution in [3.8, 4) is 0 Å². The van der Waals surface area contributed by atoms with Crippen LogP contribution in [0.1, 0.15) is 98.3 Å². The molecule has 0 aliphatic heterocycles. The van der Waals surface area contributed by atoms with Gasteiger partial charge in [0, 0.05) is 0 Å². The van der Waals surface area contributed by atoms with E-state index in [-0.39, 0.29) is 12.4 Å². The molecular formula is C25H44O6. The maximum atomic E-state index is 12.7. The monoisotopic (exact) mass is 440 g/mol. The smallest absolute Gasteiger partial charge is 0.309 e. The first-order chi connectivity index (χ1) is 14.7. The number of carboxylic acid groups (broad SMARTS) is 1. The van der Waals surface area contributed by atoms with E-state index in [0.29, 0.717) is 37.9 Å². The van der Waals surface area contributed by atoms with Crippen molar-refractivity contribution in [2.24, 2.45) is 29.6 Å². The molecule has 31 heavy (non-hydrogen) atoms. The molecule has 0 aromatic rings. The van der Waals surface area contributed by atoms with Gasteiger partial charge in [0.2, 0.25) is 0 Å². The van der Waals surface area contributed by atoms with Gasteiger partial charge in [-0.05, 0) is 43.9 Å². The van der Waals surface area contributed by atoms with Crippen LogP contribution in [0.3, 0.4) is 0 Å². The number of esters is 2. The molecule has 1 aliphatic rings. The Morgan fingerprint density at radius 2 is 1.23 bits per heavy atom. The molecule has 0 spiro atoms. The highest BCUT2D eigenvalue weighted by molar-refractivity contribution is 5.83. The van der Waals surface area contributed by atoms with Crippen LogP contribution in [0.25, 0.3) is 0 Å². The first kappa shape index (κ1) is 27.4. The van der Waals surface area contributed by atoms with Crippen LogP contribution >= 0.6 is 0 Å². The molecule has 3 unspecified atom stereocenters. The third-order valence-corrected chi connectivity index (χ3v) is 6.15. The topological polar surface area (TPSA) is 89.9 Å². The summed E-state index contributed by atoms with van der Waals surface area (Å²) in [4.78, 5) is 36.7. The van der Waals surface area contributed by atoms with E-state index in [1.165, 1.54) is 6.42 Å². The number of rotatable bonds is 15. The highest BCUT2D eigenvalue weighted by atomic mass is 16.5. The molecule has 6 nitrogen and oxygen atoms in total. The summed E-state index contributed by atoms with van der Waals surface area (Å²) in [7, 11) is 0. The van der Waals surface area contributed by atoms with E-state index in [0.717, 1.165) is 44.9 Å². The van der Waals surface area contributed by atoms with Crippen molar-refractivity contribution in [3.63, 3.8) is 0 Å². The first-order valence-corrected chi connectivity index (χ1v) is 12.3. The van der Waals surface area contributed by atoms with E-state index >= 15 is 0 Å². The maximum Gasteiger partial charge on any atom is 0.309 e. The van der Waals surface area contributed by atoms with E-state index in [1.807, 2.05) is 0 Å². The summed E-state index contributed by atoms with van der Waals surface area (Å²) in [5.74, 6) is -2.33. The fourth-order valence-corrected chi connectivity index (χ4v) is 4.16. The lowest BCUT2D eigenvalue weighted by Crippen LogP contribution is -2.39. The highest BCUT2D eigenvalue weighted by Crippen LogP contribution is 2.36. The molecule has 0 radical (unpaired) electrons. The molecule has 0 heterocycles. The van der Waals surface area contributed by atoms with Crippen molar-refractivity contribution in [2.45, 2.75) is 98.3 Å². The Bertz CT molecular complexity index is 542. The van der Waals surface area contributed by atoms with Gasteiger partial charge in [0.15, 0.2) is 0 Å². The van der Waals surface area contributed by atoms with Crippen molar-refractivity contribution in [1.29, 1.82) is 0 Å². The third kappa shape index (κ3) is 11.6. The van der Waals surface area contributed by atoms with Crippen molar-refractivity contribution in [2.75, 3.05) is 13.2 Å². The largest absolute Gasteiger partial charge is 0.481 e. The molecular weight excluding hydrogens is 396 g/mol. The first-order valence-electron chi connectivity index (χ1n) is 12.3. The lowest BCUT2D eigenvalue weighted by Gasteiger charge is -2.31. The zero-order valence-electron chi connectivity index (χ0n) is 20.1. The zero-order valence-corrected chi connectivity index (χ0v) is 20.1. The van der Waals surface area contributed by atoms with Gasteiger partial charge in [-0.2, -0.15) is 0 Å². The lowest BCUT2D eigenvalue weighted by molar-refractivity contribution is -0.166. The predicted molar refractivity (Wildman–Crippen MR) is 120 cm³/mol. The fraction of sp³-hybridized carbons (Fsp3) is 0.880. The molecule has 0 amide bonds. The Kier molecular flexibility index (Phi) is 13.5. The van der Waals surface area contributed by atoms with Crippen LogP contribution in [-0.4, -0.2) is 36.2 Å². The van der Waals surface area contributed by atoms with Gasteiger partial charge >= 0.3 is 17.9 Å². The molecule has 1 fully saturated rings. The minimum Gasteiger partial charge on any atom is -0.481 e. The van der Waals surface area contributed by atoms with Crippen LogP contribution in [0.2, 0.25) is 0 Å². The predicted octanol–water partition coefficient (Wildman–Crippen LogP) is 5.62. The maximum absolute atomic E-state index is 12.7. The summed E-state index contributed by atoms with van der Waals surface area (Å²) in [5.41, 5.74) is 0. The van der Waals surface area contributed by atoms with Gasteiger partial charge in [-0.15, -0.1) is 0 Å². The second-order valence-electron chi connectivity index (χ2n) is 9.88. The number of unbranched alkanes of at least 4 members (excludes halogenated alkanes) is 4. The molecule has 180 valence electrons. The van der Waals surface area contributed by atoms with Crippen LogP contribution in [0.5, 0.6) is 0 Å². The molecule has 1 aliphatic carbocycles.